The SMILES string of the molecule is Cc1cc(C)c(-c2c3nc(c(-c4c(C)cc(C)cc4C)c4ccc([nH]4)c(-c4ccc(N([O])C(C)(C)C)cc4)c4ccc([nH]4)c(-c4c(C)cc(C)cc4C)c4nc2C=C4)C=C3)c(C)c1. The Balaban J connectivity index is 1.49. The molecule has 6 heteroatoms. The molecule has 2 aliphatic heterocycles. The lowest BCUT2D eigenvalue weighted by molar-refractivity contribution is 0.102. The summed E-state index contributed by atoms with van der Waals surface area (Å²) in [5.41, 5.74) is 26.7. The molecule has 9 rings (SSSR count). The molecule has 0 unspecified atom stereocenters. The van der Waals surface area contributed by atoms with Gasteiger partial charge in [0.05, 0.1) is 34.0 Å². The van der Waals surface area contributed by atoms with Crippen molar-refractivity contribution in [3.05, 3.63) is 158 Å². The highest BCUT2D eigenvalue weighted by molar-refractivity contribution is 6.01. The van der Waals surface area contributed by atoms with Crippen molar-refractivity contribution in [3.63, 3.8) is 0 Å². The van der Waals surface area contributed by atoms with E-state index in [0.29, 0.717) is 5.69 Å². The van der Waals surface area contributed by atoms with Crippen molar-refractivity contribution in [1.29, 1.82) is 0 Å². The minimum absolute atomic E-state index is 0.573. The number of aromatic nitrogens is 4. The van der Waals surface area contributed by atoms with Gasteiger partial charge >= 0.3 is 0 Å². The Morgan fingerprint density at radius 2 is 0.698 bits per heavy atom. The van der Waals surface area contributed by atoms with Crippen LogP contribution < -0.4 is 5.06 Å². The zero-order chi connectivity index (χ0) is 44.6. The van der Waals surface area contributed by atoms with Gasteiger partial charge in [0.2, 0.25) is 0 Å². The van der Waals surface area contributed by atoms with Gasteiger partial charge in [-0.1, -0.05) is 70.4 Å². The van der Waals surface area contributed by atoms with Gasteiger partial charge in [-0.05, 0) is 199 Å². The van der Waals surface area contributed by atoms with E-state index in [4.69, 9.17) is 9.97 Å². The number of hydrogen-bond acceptors (Lipinski definition) is 3. The quantitative estimate of drug-likeness (QED) is 0.170. The van der Waals surface area contributed by atoms with Gasteiger partial charge in [-0.25, -0.2) is 15.0 Å². The molecule has 3 aromatic heterocycles. The van der Waals surface area contributed by atoms with Gasteiger partial charge in [0, 0.05) is 44.3 Å². The number of fused-ring (bicyclic) bond motifs is 8. The summed E-state index contributed by atoms with van der Waals surface area (Å²) in [6.07, 6.45) is 8.69. The zero-order valence-corrected chi connectivity index (χ0v) is 38.6. The number of hydrogen-bond donors (Lipinski definition) is 2. The Kier molecular flexibility index (Phi) is 10.3. The molecule has 0 saturated carbocycles. The van der Waals surface area contributed by atoms with E-state index in [1.54, 1.807) is 0 Å². The highest BCUT2D eigenvalue weighted by atomic mass is 16.5. The van der Waals surface area contributed by atoms with E-state index in [9.17, 15) is 5.21 Å². The maximum Gasteiger partial charge on any atom is 0.0738 e. The first-order valence-corrected chi connectivity index (χ1v) is 22.0. The van der Waals surface area contributed by atoms with Gasteiger partial charge in [-0.3, -0.25) is 0 Å². The summed E-state index contributed by atoms with van der Waals surface area (Å²) in [4.78, 5) is 19.0. The van der Waals surface area contributed by atoms with Gasteiger partial charge in [0.25, 0.3) is 0 Å². The third-order valence-electron chi connectivity index (χ3n) is 12.5. The molecular formula is C57H56N5O. The molecule has 8 bridgehead atoms. The Hall–Kier alpha value is -6.76. The van der Waals surface area contributed by atoms with Gasteiger partial charge in [0.1, 0.15) is 0 Å². The maximum absolute atomic E-state index is 13.3. The van der Waals surface area contributed by atoms with E-state index in [-0.39, 0.29) is 0 Å². The third kappa shape index (κ3) is 7.42. The average molecular weight is 827 g/mol. The Morgan fingerprint density at radius 3 is 1.03 bits per heavy atom. The molecule has 0 aliphatic carbocycles. The predicted molar refractivity (Wildman–Crippen MR) is 266 cm³/mol. The van der Waals surface area contributed by atoms with Crippen LogP contribution in [-0.2, 0) is 5.21 Å². The number of hydroxylamine groups is 1. The van der Waals surface area contributed by atoms with E-state index in [1.807, 2.05) is 32.9 Å². The van der Waals surface area contributed by atoms with Crippen molar-refractivity contribution in [1.82, 2.24) is 19.9 Å². The lowest BCUT2D eigenvalue weighted by atomic mass is 9.92. The molecular weight excluding hydrogens is 771 g/mol. The van der Waals surface area contributed by atoms with Crippen LogP contribution in [0.3, 0.4) is 0 Å². The third-order valence-corrected chi connectivity index (χ3v) is 12.5. The molecule has 6 nitrogen and oxygen atoms in total. The Bertz CT molecular complexity index is 3030. The number of benzene rings is 4. The highest BCUT2D eigenvalue weighted by Crippen LogP contribution is 2.42. The second kappa shape index (κ2) is 15.5. The first-order chi connectivity index (χ1) is 30.0. The molecule has 0 amide bonds. The topological polar surface area (TPSA) is 80.5 Å². The Morgan fingerprint density at radius 1 is 0.397 bits per heavy atom. The second-order valence-corrected chi connectivity index (χ2v) is 18.8. The van der Waals surface area contributed by atoms with Crippen LogP contribution in [0, 0.1) is 62.3 Å². The fraction of sp³-hybridized carbons (Fsp3) is 0.228. The summed E-state index contributed by atoms with van der Waals surface area (Å²) in [5, 5.41) is 14.4. The van der Waals surface area contributed by atoms with Gasteiger partial charge in [0.15, 0.2) is 0 Å². The van der Waals surface area contributed by atoms with Gasteiger partial charge in [-0.15, -0.1) is 0 Å². The Labute approximate surface area is 371 Å². The number of rotatable bonds is 5. The molecule has 2 aliphatic rings. The summed E-state index contributed by atoms with van der Waals surface area (Å²) in [7, 11) is 0. The second-order valence-electron chi connectivity index (χ2n) is 18.8. The van der Waals surface area contributed by atoms with E-state index in [1.165, 1.54) is 50.1 Å². The minimum Gasteiger partial charge on any atom is -0.354 e. The van der Waals surface area contributed by atoms with Crippen LogP contribution in [0.25, 0.3) is 90.9 Å². The summed E-state index contributed by atoms with van der Waals surface area (Å²) in [6, 6.07) is 30.3. The summed E-state index contributed by atoms with van der Waals surface area (Å²) < 4.78 is 0. The molecule has 5 heterocycles. The summed E-state index contributed by atoms with van der Waals surface area (Å²) in [5.74, 6) is 0. The van der Waals surface area contributed by atoms with Crippen molar-refractivity contribution in [2.75, 3.05) is 5.06 Å². The van der Waals surface area contributed by atoms with Crippen molar-refractivity contribution in [2.24, 2.45) is 0 Å². The standard InChI is InChI=1S/C57H56N5O/c1-31-25-34(4)50(35(5)26-31)54-44-19-17-42(58-44)53(40-13-15-41(16-14-40)62(63)57(10,11)12)43-18-20-45(59-43)55(51-36(6)27-32(2)28-37(51)7)47-22-24-49(61-47)56(48-23-21-46(54)60-48)52-38(8)29-33(3)30-39(52)9/h13-30,58-59H,1-12H3. The molecule has 0 spiro atoms. The lowest BCUT2D eigenvalue weighted by Crippen LogP contribution is -2.37. The van der Waals surface area contributed by atoms with Gasteiger partial charge in [-0.2, -0.15) is 0 Å². The number of anilines is 1. The van der Waals surface area contributed by atoms with E-state index < -0.39 is 5.54 Å². The highest BCUT2D eigenvalue weighted by Gasteiger charge is 2.25. The predicted octanol–water partition coefficient (Wildman–Crippen LogP) is 15.0. The molecule has 63 heavy (non-hydrogen) atoms. The van der Waals surface area contributed by atoms with Crippen molar-refractivity contribution >= 4 is 52.1 Å². The summed E-state index contributed by atoms with van der Waals surface area (Å²) in [6.45, 7) is 25.5. The van der Waals surface area contributed by atoms with E-state index in [0.717, 1.165) is 94.4 Å². The number of aryl methyl sites for hydroxylation is 9. The average Bonchev–Trinajstić information content (AvgIpc) is 4.04. The molecule has 0 fully saturated rings. The van der Waals surface area contributed by atoms with Crippen LogP contribution in [0.2, 0.25) is 0 Å². The first kappa shape index (κ1) is 41.6. The number of aromatic amines is 2. The first-order valence-electron chi connectivity index (χ1n) is 22.0. The van der Waals surface area contributed by atoms with Crippen LogP contribution in [0.1, 0.15) is 93.6 Å². The van der Waals surface area contributed by atoms with Crippen LogP contribution in [0.5, 0.6) is 0 Å². The molecule has 0 atom stereocenters. The van der Waals surface area contributed by atoms with Crippen LogP contribution in [0.15, 0.2) is 84.9 Å². The molecule has 315 valence electrons. The van der Waals surface area contributed by atoms with Crippen LogP contribution >= 0.6 is 0 Å². The minimum atomic E-state index is -0.573. The van der Waals surface area contributed by atoms with Gasteiger partial charge < -0.3 is 9.97 Å². The molecule has 1 radical (unpaired) electrons. The molecule has 0 saturated heterocycles. The summed E-state index contributed by atoms with van der Waals surface area (Å²) >= 11 is 0. The van der Waals surface area contributed by atoms with Crippen LogP contribution in [-0.4, -0.2) is 25.5 Å². The molecule has 4 aromatic carbocycles. The largest absolute Gasteiger partial charge is 0.354 e. The monoisotopic (exact) mass is 826 g/mol. The molecule has 2 N–H and O–H groups in total. The number of nitrogens with zero attached hydrogens (tertiary/aromatic N) is 3. The maximum atomic E-state index is 13.3. The van der Waals surface area contributed by atoms with Crippen molar-refractivity contribution < 1.29 is 5.21 Å². The smallest absolute Gasteiger partial charge is 0.0738 e. The van der Waals surface area contributed by atoms with Crippen LogP contribution in [0.4, 0.5) is 5.69 Å². The van der Waals surface area contributed by atoms with Crippen molar-refractivity contribution in [3.8, 4) is 44.5 Å². The number of nitrogens with one attached hydrogen (secondary N) is 2. The molecule has 7 aromatic rings. The van der Waals surface area contributed by atoms with E-state index >= 15 is 0 Å². The van der Waals surface area contributed by atoms with Crippen molar-refractivity contribution in [2.45, 2.75) is 88.6 Å². The fourth-order valence-corrected chi connectivity index (χ4v) is 10.2. The normalized spacial score (nSPS) is 12.4. The lowest BCUT2D eigenvalue weighted by Gasteiger charge is -2.28. The fourth-order valence-electron chi connectivity index (χ4n) is 10.2. The zero-order valence-electron chi connectivity index (χ0n) is 38.6. The number of H-pyrrole nitrogens is 2. The van der Waals surface area contributed by atoms with E-state index in [2.05, 4.69) is 169 Å².